The van der Waals surface area contributed by atoms with E-state index in [1.165, 1.54) is 0 Å². The van der Waals surface area contributed by atoms with Gasteiger partial charge in [-0.05, 0) is 23.6 Å². The summed E-state index contributed by atoms with van der Waals surface area (Å²) in [6.07, 6.45) is 2.17. The van der Waals surface area contributed by atoms with Crippen LogP contribution in [0.1, 0.15) is 10.6 Å². The molecule has 2 aromatic carbocycles. The number of methoxy groups -OCH3 is 1. The summed E-state index contributed by atoms with van der Waals surface area (Å²) < 4.78 is 5.45. The number of aromatic nitrogens is 2. The number of nitriles is 1. The van der Waals surface area contributed by atoms with Crippen molar-refractivity contribution in [3.8, 4) is 23.1 Å². The lowest BCUT2D eigenvalue weighted by Gasteiger charge is -2.15. The van der Waals surface area contributed by atoms with E-state index in [1.54, 1.807) is 19.4 Å². The highest BCUT2D eigenvalue weighted by molar-refractivity contribution is 5.99. The van der Waals surface area contributed by atoms with Gasteiger partial charge in [0.1, 0.15) is 5.75 Å². The van der Waals surface area contributed by atoms with Gasteiger partial charge in [0, 0.05) is 29.3 Å². The summed E-state index contributed by atoms with van der Waals surface area (Å²) in [5.74, 6) is 0.800. The molecule has 0 saturated carbocycles. The molecule has 0 bridgehead atoms. The molecule has 0 fully saturated rings. The molecule has 0 spiro atoms. The molecule has 0 aliphatic rings. The number of rotatable bonds is 6. The Morgan fingerprint density at radius 2 is 2.15 bits per heavy atom. The van der Waals surface area contributed by atoms with E-state index in [2.05, 4.69) is 21.9 Å². The number of anilines is 1. The molecule has 0 amide bonds. The largest absolute Gasteiger partial charge is 0.495 e. The van der Waals surface area contributed by atoms with Crippen LogP contribution in [0.2, 0.25) is 0 Å². The second kappa shape index (κ2) is 7.45. The lowest BCUT2D eigenvalue weighted by Crippen LogP contribution is -2.05. The first-order valence-electron chi connectivity index (χ1n) is 7.87. The summed E-state index contributed by atoms with van der Waals surface area (Å²) in [6.45, 7) is 4.01. The molecule has 26 heavy (non-hydrogen) atoms. The number of nitrogens with zero attached hydrogens (tertiary/aromatic N) is 3. The van der Waals surface area contributed by atoms with Crippen LogP contribution in [-0.2, 0) is 0 Å². The van der Waals surface area contributed by atoms with Crippen LogP contribution in [0.15, 0.2) is 54.7 Å². The Morgan fingerprint density at radius 1 is 1.35 bits per heavy atom. The zero-order valence-electron chi connectivity index (χ0n) is 14.2. The third-order valence-corrected chi connectivity index (χ3v) is 3.92. The van der Waals surface area contributed by atoms with Crippen molar-refractivity contribution in [2.45, 2.75) is 0 Å². The molecule has 1 aromatic heterocycles. The minimum Gasteiger partial charge on any atom is -0.495 e. The molecule has 0 unspecified atom stereocenters. The molecule has 6 nitrogen and oxygen atoms in total. The number of aldehydes is 1. The summed E-state index contributed by atoms with van der Waals surface area (Å²) >= 11 is 0. The fraction of sp³-hybridized carbons (Fsp3) is 0.100. The van der Waals surface area contributed by atoms with Crippen molar-refractivity contribution < 1.29 is 9.53 Å². The van der Waals surface area contributed by atoms with Gasteiger partial charge in [0.2, 0.25) is 0 Å². The number of ether oxygens (including phenoxy) is 1. The van der Waals surface area contributed by atoms with E-state index in [9.17, 15) is 4.79 Å². The van der Waals surface area contributed by atoms with Gasteiger partial charge in [0.25, 0.3) is 0 Å². The first-order chi connectivity index (χ1) is 12.7. The number of benzene rings is 2. The van der Waals surface area contributed by atoms with Crippen LogP contribution in [0.3, 0.4) is 0 Å². The summed E-state index contributed by atoms with van der Waals surface area (Å²) in [4.78, 5) is 19.1. The van der Waals surface area contributed by atoms with Crippen molar-refractivity contribution in [2.24, 2.45) is 0 Å². The SMILES string of the molecule is C=C(C#N)CNc1c(OC)ccc2ccc(-c3ccnc(C=O)n3)cc12. The highest BCUT2D eigenvalue weighted by Crippen LogP contribution is 2.35. The maximum atomic E-state index is 10.9. The fourth-order valence-electron chi connectivity index (χ4n) is 2.64. The quantitative estimate of drug-likeness (QED) is 0.543. The van der Waals surface area contributed by atoms with Crippen molar-refractivity contribution in [1.29, 1.82) is 5.26 Å². The fourth-order valence-corrected chi connectivity index (χ4v) is 2.64. The molecular weight excluding hydrogens is 328 g/mol. The molecule has 128 valence electrons. The lowest BCUT2D eigenvalue weighted by atomic mass is 10.0. The Kier molecular flexibility index (Phi) is 4.90. The third kappa shape index (κ3) is 3.37. The second-order valence-corrected chi connectivity index (χ2v) is 5.57. The van der Waals surface area contributed by atoms with Crippen molar-refractivity contribution in [2.75, 3.05) is 19.0 Å². The van der Waals surface area contributed by atoms with Crippen LogP contribution in [0, 0.1) is 11.3 Å². The molecule has 3 rings (SSSR count). The van der Waals surface area contributed by atoms with Gasteiger partial charge < -0.3 is 10.1 Å². The molecule has 0 atom stereocenters. The Labute approximate surface area is 150 Å². The molecule has 0 saturated heterocycles. The van der Waals surface area contributed by atoms with Crippen molar-refractivity contribution >= 4 is 22.7 Å². The number of carbonyl (C=O) groups excluding carboxylic acids is 1. The van der Waals surface area contributed by atoms with Gasteiger partial charge in [-0.25, -0.2) is 9.97 Å². The van der Waals surface area contributed by atoms with Crippen LogP contribution in [0.5, 0.6) is 5.75 Å². The van der Waals surface area contributed by atoms with Crippen LogP contribution in [0.4, 0.5) is 5.69 Å². The van der Waals surface area contributed by atoms with Gasteiger partial charge >= 0.3 is 0 Å². The molecule has 1 heterocycles. The maximum absolute atomic E-state index is 10.9. The van der Waals surface area contributed by atoms with E-state index < -0.39 is 0 Å². The maximum Gasteiger partial charge on any atom is 0.193 e. The molecule has 0 aliphatic carbocycles. The van der Waals surface area contributed by atoms with Gasteiger partial charge in [-0.1, -0.05) is 24.8 Å². The molecule has 0 radical (unpaired) electrons. The standard InChI is InChI=1S/C20H16N4O2/c1-13(10-21)11-23-20-16-9-15(17-7-8-22-19(12-25)24-17)4-3-14(16)5-6-18(20)26-2/h3-9,12,23H,1,11H2,2H3. The minimum absolute atomic E-state index is 0.136. The summed E-state index contributed by atoms with van der Waals surface area (Å²) in [5, 5.41) is 14.1. The molecular formula is C20H16N4O2. The number of hydrogen-bond donors (Lipinski definition) is 1. The van der Waals surface area contributed by atoms with Crippen LogP contribution >= 0.6 is 0 Å². The van der Waals surface area contributed by atoms with Crippen molar-refractivity contribution in [1.82, 2.24) is 9.97 Å². The van der Waals surface area contributed by atoms with Crippen molar-refractivity contribution in [3.05, 3.63) is 60.6 Å². The average molecular weight is 344 g/mol. The first-order valence-corrected chi connectivity index (χ1v) is 7.87. The minimum atomic E-state index is 0.136. The van der Waals surface area contributed by atoms with Crippen LogP contribution in [0.25, 0.3) is 22.0 Å². The van der Waals surface area contributed by atoms with E-state index in [1.807, 2.05) is 36.4 Å². The van der Waals surface area contributed by atoms with Gasteiger partial charge in [-0.15, -0.1) is 0 Å². The van der Waals surface area contributed by atoms with Crippen molar-refractivity contribution in [3.63, 3.8) is 0 Å². The Bertz CT molecular complexity index is 1040. The summed E-state index contributed by atoms with van der Waals surface area (Å²) in [7, 11) is 1.59. The smallest absolute Gasteiger partial charge is 0.193 e. The topological polar surface area (TPSA) is 87.9 Å². The Balaban J connectivity index is 2.13. The van der Waals surface area contributed by atoms with Gasteiger partial charge in [0.15, 0.2) is 12.1 Å². The highest BCUT2D eigenvalue weighted by atomic mass is 16.5. The number of carbonyl (C=O) groups is 1. The number of hydrogen-bond acceptors (Lipinski definition) is 6. The number of fused-ring (bicyclic) bond motifs is 1. The predicted octanol–water partition coefficient (Wildman–Crippen LogP) is 3.61. The predicted molar refractivity (Wildman–Crippen MR) is 100 cm³/mol. The zero-order chi connectivity index (χ0) is 18.5. The van der Waals surface area contributed by atoms with Gasteiger partial charge in [-0.2, -0.15) is 5.26 Å². The van der Waals surface area contributed by atoms with E-state index in [0.717, 1.165) is 22.0 Å². The van der Waals surface area contributed by atoms with E-state index in [4.69, 9.17) is 10.00 Å². The Morgan fingerprint density at radius 3 is 2.88 bits per heavy atom. The third-order valence-electron chi connectivity index (χ3n) is 3.92. The van der Waals surface area contributed by atoms with E-state index in [0.29, 0.717) is 29.8 Å². The van der Waals surface area contributed by atoms with E-state index >= 15 is 0 Å². The monoisotopic (exact) mass is 344 g/mol. The molecule has 1 N–H and O–H groups in total. The highest BCUT2D eigenvalue weighted by Gasteiger charge is 2.11. The van der Waals surface area contributed by atoms with Crippen LogP contribution < -0.4 is 10.1 Å². The zero-order valence-corrected chi connectivity index (χ0v) is 14.2. The van der Waals surface area contributed by atoms with Gasteiger partial charge in [-0.3, -0.25) is 4.79 Å². The molecule has 6 heteroatoms. The second-order valence-electron chi connectivity index (χ2n) is 5.57. The molecule has 3 aromatic rings. The van der Waals surface area contributed by atoms with E-state index in [-0.39, 0.29) is 5.82 Å². The van der Waals surface area contributed by atoms with Gasteiger partial charge in [0.05, 0.1) is 24.6 Å². The average Bonchev–Trinajstić information content (AvgIpc) is 2.71. The normalized spacial score (nSPS) is 10.2. The summed E-state index contributed by atoms with van der Waals surface area (Å²) in [6, 6.07) is 13.5. The first kappa shape index (κ1) is 17.1. The number of nitrogens with one attached hydrogen (secondary N) is 1. The summed E-state index contributed by atoms with van der Waals surface area (Å²) in [5.41, 5.74) is 2.69. The Hall–Kier alpha value is -3.72. The molecule has 0 aliphatic heterocycles. The lowest BCUT2D eigenvalue weighted by molar-refractivity contribution is 0.111. The van der Waals surface area contributed by atoms with Crippen LogP contribution in [-0.4, -0.2) is 29.9 Å².